The molecule has 6 nitrogen and oxygen atoms in total. The largest absolute Gasteiger partial charge is 0.462 e. The summed E-state index contributed by atoms with van der Waals surface area (Å²) < 4.78 is 17.0. The van der Waals surface area contributed by atoms with Crippen molar-refractivity contribution in [1.82, 2.24) is 0 Å². The number of unbranched alkanes of at least 4 members (excludes halogenated alkanes) is 38. The van der Waals surface area contributed by atoms with Crippen molar-refractivity contribution in [2.24, 2.45) is 0 Å². The molecule has 80 heavy (non-hydrogen) atoms. The van der Waals surface area contributed by atoms with Gasteiger partial charge in [-0.15, -0.1) is 0 Å². The van der Waals surface area contributed by atoms with Gasteiger partial charge in [0.05, 0.1) is 0 Å². The topological polar surface area (TPSA) is 78.9 Å². The molecule has 1 unspecified atom stereocenters. The Kier molecular flexibility index (Phi) is 65.2. The zero-order valence-corrected chi connectivity index (χ0v) is 53.1. The van der Waals surface area contributed by atoms with E-state index in [2.05, 4.69) is 106 Å². The van der Waals surface area contributed by atoms with Crippen molar-refractivity contribution in [3.05, 3.63) is 85.1 Å². The molecule has 0 fully saturated rings. The predicted molar refractivity (Wildman–Crippen MR) is 348 cm³/mol. The van der Waals surface area contributed by atoms with E-state index in [1.165, 1.54) is 212 Å². The number of ether oxygens (including phenoxy) is 3. The highest BCUT2D eigenvalue weighted by Crippen LogP contribution is 2.17. The maximum atomic E-state index is 13.0. The molecular weight excluding hydrogens is 985 g/mol. The minimum absolute atomic E-state index is 0.0798. The lowest BCUT2D eigenvalue weighted by molar-refractivity contribution is -0.167. The standard InChI is InChI=1S/C74H130O6/c1-4-7-10-13-16-19-22-25-28-31-33-35-36-37-38-40-41-43-46-49-52-55-58-61-64-67-73(76)79-70-71(69-78-72(75)66-63-60-57-54-51-48-45-30-27-24-21-18-15-12-9-6-3)80-74(77)68-65-62-59-56-53-50-47-44-42-39-34-32-29-26-23-20-17-14-11-8-5-2/h7,10,16,19,23,25-26,28,30,32-35,45,71H,4-6,8-9,11-15,17-18,20-22,24,27,29,31,36-44,46-70H2,1-3H3/b10-7-,19-16-,26-23-,28-25-,34-32-,35-33-,45-30-. The molecule has 0 bridgehead atoms. The van der Waals surface area contributed by atoms with Crippen LogP contribution in [0.5, 0.6) is 0 Å². The second-order valence-corrected chi connectivity index (χ2v) is 23.1. The molecule has 0 aliphatic heterocycles. The van der Waals surface area contributed by atoms with Gasteiger partial charge < -0.3 is 14.2 Å². The third-order valence-electron chi connectivity index (χ3n) is 15.1. The molecule has 0 saturated carbocycles. The molecule has 0 radical (unpaired) electrons. The minimum atomic E-state index is -0.785. The number of carbonyl (C=O) groups is 3. The Morgan fingerprint density at radius 3 is 0.775 bits per heavy atom. The lowest BCUT2D eigenvalue weighted by atomic mass is 10.0. The molecule has 462 valence electrons. The van der Waals surface area contributed by atoms with E-state index in [1.54, 1.807) is 0 Å². The van der Waals surface area contributed by atoms with Gasteiger partial charge in [-0.25, -0.2) is 0 Å². The van der Waals surface area contributed by atoms with Gasteiger partial charge in [0, 0.05) is 19.3 Å². The van der Waals surface area contributed by atoms with E-state index in [0.717, 1.165) is 96.3 Å². The molecule has 0 aliphatic carbocycles. The summed E-state index contributed by atoms with van der Waals surface area (Å²) in [5, 5.41) is 0. The first-order valence-corrected chi connectivity index (χ1v) is 34.6. The molecule has 0 aromatic rings. The smallest absolute Gasteiger partial charge is 0.306 e. The lowest BCUT2D eigenvalue weighted by Gasteiger charge is -2.18. The van der Waals surface area contributed by atoms with E-state index in [9.17, 15) is 14.4 Å². The molecule has 6 heteroatoms. The number of esters is 3. The van der Waals surface area contributed by atoms with Crippen LogP contribution in [0.3, 0.4) is 0 Å². The monoisotopic (exact) mass is 1110 g/mol. The van der Waals surface area contributed by atoms with Gasteiger partial charge in [0.2, 0.25) is 0 Å². The van der Waals surface area contributed by atoms with Gasteiger partial charge in [-0.3, -0.25) is 14.4 Å². The average molecular weight is 1120 g/mol. The highest BCUT2D eigenvalue weighted by molar-refractivity contribution is 5.71. The zero-order valence-electron chi connectivity index (χ0n) is 53.1. The number of carbonyl (C=O) groups excluding carboxylic acids is 3. The Labute approximate surface area is 496 Å². The van der Waals surface area contributed by atoms with Crippen LogP contribution in [0.15, 0.2) is 85.1 Å². The van der Waals surface area contributed by atoms with Gasteiger partial charge >= 0.3 is 17.9 Å². The van der Waals surface area contributed by atoms with Crippen LogP contribution >= 0.6 is 0 Å². The second kappa shape index (κ2) is 68.1. The fraction of sp³-hybridized carbons (Fsp3) is 0.770. The highest BCUT2D eigenvalue weighted by atomic mass is 16.6. The zero-order chi connectivity index (χ0) is 57.8. The molecule has 0 aromatic heterocycles. The molecule has 0 aliphatic rings. The first-order chi connectivity index (χ1) is 39.5. The van der Waals surface area contributed by atoms with Gasteiger partial charge in [-0.05, 0) is 116 Å². The van der Waals surface area contributed by atoms with Crippen LogP contribution in [0.4, 0.5) is 0 Å². The van der Waals surface area contributed by atoms with Crippen LogP contribution in [0.1, 0.15) is 348 Å². The highest BCUT2D eigenvalue weighted by Gasteiger charge is 2.19. The Bertz CT molecular complexity index is 1520. The summed E-state index contributed by atoms with van der Waals surface area (Å²) in [4.78, 5) is 38.5. The molecule has 0 heterocycles. The predicted octanol–water partition coefficient (Wildman–Crippen LogP) is 23.8. The Morgan fingerprint density at radius 2 is 0.487 bits per heavy atom. The first-order valence-electron chi connectivity index (χ1n) is 34.6. The molecule has 0 N–H and O–H groups in total. The number of allylic oxidation sites excluding steroid dienone is 14. The molecule has 0 aromatic carbocycles. The summed E-state index contributed by atoms with van der Waals surface area (Å²) in [6.07, 6.45) is 90.2. The van der Waals surface area contributed by atoms with Gasteiger partial charge in [0.15, 0.2) is 6.10 Å². The summed E-state index contributed by atoms with van der Waals surface area (Å²) in [5.74, 6) is -0.877. The molecule has 0 spiro atoms. The van der Waals surface area contributed by atoms with Crippen LogP contribution in [-0.4, -0.2) is 37.2 Å². The van der Waals surface area contributed by atoms with Gasteiger partial charge in [-0.2, -0.15) is 0 Å². The summed E-state index contributed by atoms with van der Waals surface area (Å²) in [6, 6.07) is 0. The number of rotatable bonds is 63. The SMILES string of the molecule is CC/C=C\C/C=C\C/C=C\C/C=C\CCCCCCCCCCCCCCC(=O)OCC(COC(=O)CCCCCCC/C=C\CCCCCCCCC)OC(=O)CCCCCCCCCCC/C=C\C/C=C\CCCCCCC. The van der Waals surface area contributed by atoms with E-state index in [4.69, 9.17) is 14.2 Å². The fourth-order valence-electron chi connectivity index (χ4n) is 9.93. The van der Waals surface area contributed by atoms with E-state index >= 15 is 0 Å². The number of hydrogen-bond acceptors (Lipinski definition) is 6. The van der Waals surface area contributed by atoms with Gasteiger partial charge in [0.1, 0.15) is 13.2 Å². The van der Waals surface area contributed by atoms with E-state index in [0.29, 0.717) is 19.3 Å². The summed E-state index contributed by atoms with van der Waals surface area (Å²) >= 11 is 0. The summed E-state index contributed by atoms with van der Waals surface area (Å²) in [6.45, 7) is 6.55. The Morgan fingerprint density at radius 1 is 0.263 bits per heavy atom. The van der Waals surface area contributed by atoms with E-state index in [-0.39, 0.29) is 31.1 Å². The molecule has 0 amide bonds. The summed E-state index contributed by atoms with van der Waals surface area (Å²) in [7, 11) is 0. The third-order valence-corrected chi connectivity index (χ3v) is 15.1. The summed E-state index contributed by atoms with van der Waals surface area (Å²) in [5.41, 5.74) is 0. The molecule has 1 atom stereocenters. The van der Waals surface area contributed by atoms with Crippen LogP contribution in [0.25, 0.3) is 0 Å². The van der Waals surface area contributed by atoms with Crippen molar-refractivity contribution in [2.75, 3.05) is 13.2 Å². The fourth-order valence-corrected chi connectivity index (χ4v) is 9.93. The quantitative estimate of drug-likeness (QED) is 0.0261. The molecule has 0 saturated heterocycles. The van der Waals surface area contributed by atoms with E-state index < -0.39 is 6.10 Å². The van der Waals surface area contributed by atoms with Crippen LogP contribution in [-0.2, 0) is 28.6 Å². The maximum absolute atomic E-state index is 13.0. The normalized spacial score (nSPS) is 12.6. The van der Waals surface area contributed by atoms with Crippen molar-refractivity contribution < 1.29 is 28.6 Å². The maximum Gasteiger partial charge on any atom is 0.306 e. The first kappa shape index (κ1) is 76.6. The van der Waals surface area contributed by atoms with Crippen molar-refractivity contribution >= 4 is 17.9 Å². The van der Waals surface area contributed by atoms with Crippen molar-refractivity contribution in [2.45, 2.75) is 354 Å². The third kappa shape index (κ3) is 65.4. The van der Waals surface area contributed by atoms with Crippen molar-refractivity contribution in [3.8, 4) is 0 Å². The Hall–Kier alpha value is -3.41. The minimum Gasteiger partial charge on any atom is -0.462 e. The molecule has 0 rings (SSSR count). The van der Waals surface area contributed by atoms with Gasteiger partial charge in [0.25, 0.3) is 0 Å². The van der Waals surface area contributed by atoms with Crippen LogP contribution < -0.4 is 0 Å². The van der Waals surface area contributed by atoms with Crippen LogP contribution in [0, 0.1) is 0 Å². The Balaban J connectivity index is 4.35. The van der Waals surface area contributed by atoms with Gasteiger partial charge in [-0.1, -0.05) is 298 Å². The number of hydrogen-bond donors (Lipinski definition) is 0. The second-order valence-electron chi connectivity index (χ2n) is 23.1. The van der Waals surface area contributed by atoms with E-state index in [1.807, 2.05) is 0 Å². The van der Waals surface area contributed by atoms with Crippen molar-refractivity contribution in [1.29, 1.82) is 0 Å². The lowest BCUT2D eigenvalue weighted by Crippen LogP contribution is -2.30. The van der Waals surface area contributed by atoms with Crippen LogP contribution in [0.2, 0.25) is 0 Å². The van der Waals surface area contributed by atoms with Crippen molar-refractivity contribution in [3.63, 3.8) is 0 Å². The average Bonchev–Trinajstić information content (AvgIpc) is 3.46. The molecular formula is C74H130O6.